The van der Waals surface area contributed by atoms with Gasteiger partial charge < -0.3 is 9.64 Å². The van der Waals surface area contributed by atoms with Crippen LogP contribution in [0.3, 0.4) is 0 Å². The molecular formula is C17H25NO. The van der Waals surface area contributed by atoms with Gasteiger partial charge in [0.15, 0.2) is 0 Å². The van der Waals surface area contributed by atoms with Crippen LogP contribution in [0.15, 0.2) is 24.3 Å². The summed E-state index contributed by atoms with van der Waals surface area (Å²) < 4.78 is 6.22. The van der Waals surface area contributed by atoms with Gasteiger partial charge in [-0.05, 0) is 39.7 Å². The molecule has 1 aliphatic heterocycles. The quantitative estimate of drug-likeness (QED) is 0.694. The van der Waals surface area contributed by atoms with Crippen molar-refractivity contribution in [2.75, 3.05) is 4.90 Å². The van der Waals surface area contributed by atoms with Gasteiger partial charge in [0.05, 0.1) is 18.8 Å². The van der Waals surface area contributed by atoms with Crippen molar-refractivity contribution in [3.8, 4) is 0 Å². The van der Waals surface area contributed by atoms with Crippen LogP contribution < -0.4 is 4.90 Å². The van der Waals surface area contributed by atoms with Crippen LogP contribution in [0.4, 0.5) is 5.69 Å². The highest BCUT2D eigenvalue weighted by atomic mass is 16.5. The number of rotatable bonds is 0. The molecule has 0 saturated heterocycles. The van der Waals surface area contributed by atoms with Gasteiger partial charge in [-0.15, -0.1) is 0 Å². The van der Waals surface area contributed by atoms with Crippen LogP contribution in [0.25, 0.3) is 0 Å². The van der Waals surface area contributed by atoms with E-state index in [1.165, 1.54) is 36.9 Å². The third-order valence-corrected chi connectivity index (χ3v) is 4.43. The summed E-state index contributed by atoms with van der Waals surface area (Å²) in [5, 5.41) is 0. The maximum Gasteiger partial charge on any atom is 0.0782 e. The molecule has 1 saturated carbocycles. The fourth-order valence-corrected chi connectivity index (χ4v) is 3.67. The van der Waals surface area contributed by atoms with Crippen molar-refractivity contribution in [1.82, 2.24) is 0 Å². The standard InChI is InChI=1S/C17H25NO/c1-17(2,3)18-14-9-5-4-8-13(14)12-19-16-11-7-6-10-15(16)18/h4-5,8-9,15-16H,6-7,10-12H2,1-3H3. The van der Waals surface area contributed by atoms with Gasteiger partial charge in [-0.3, -0.25) is 0 Å². The Balaban J connectivity index is 2.07. The summed E-state index contributed by atoms with van der Waals surface area (Å²) in [5.74, 6) is 0. The molecule has 2 nitrogen and oxygen atoms in total. The molecule has 2 atom stereocenters. The van der Waals surface area contributed by atoms with Gasteiger partial charge in [0.25, 0.3) is 0 Å². The van der Waals surface area contributed by atoms with Gasteiger partial charge in [0.2, 0.25) is 0 Å². The van der Waals surface area contributed by atoms with Gasteiger partial charge in [-0.25, -0.2) is 0 Å². The molecule has 3 rings (SSSR count). The van der Waals surface area contributed by atoms with Gasteiger partial charge in [-0.1, -0.05) is 31.0 Å². The van der Waals surface area contributed by atoms with Crippen molar-refractivity contribution in [1.29, 1.82) is 0 Å². The number of ether oxygens (including phenoxy) is 1. The number of para-hydroxylation sites is 1. The lowest BCUT2D eigenvalue weighted by Gasteiger charge is -2.47. The minimum atomic E-state index is 0.143. The summed E-state index contributed by atoms with van der Waals surface area (Å²) in [7, 11) is 0. The first-order valence-corrected chi connectivity index (χ1v) is 7.56. The van der Waals surface area contributed by atoms with Crippen molar-refractivity contribution in [2.24, 2.45) is 0 Å². The molecule has 1 aromatic rings. The molecule has 104 valence electrons. The lowest BCUT2D eigenvalue weighted by atomic mass is 9.88. The first kappa shape index (κ1) is 13.0. The van der Waals surface area contributed by atoms with E-state index in [1.54, 1.807) is 0 Å². The smallest absolute Gasteiger partial charge is 0.0782 e. The number of fused-ring (bicyclic) bond motifs is 2. The van der Waals surface area contributed by atoms with E-state index in [4.69, 9.17) is 4.74 Å². The van der Waals surface area contributed by atoms with Crippen molar-refractivity contribution >= 4 is 5.69 Å². The summed E-state index contributed by atoms with van der Waals surface area (Å²) in [6, 6.07) is 9.29. The zero-order valence-corrected chi connectivity index (χ0v) is 12.4. The molecule has 0 radical (unpaired) electrons. The van der Waals surface area contributed by atoms with Crippen molar-refractivity contribution in [3.63, 3.8) is 0 Å². The van der Waals surface area contributed by atoms with Crippen LogP contribution in [-0.4, -0.2) is 17.7 Å². The van der Waals surface area contributed by atoms with E-state index < -0.39 is 0 Å². The van der Waals surface area contributed by atoms with Crippen LogP contribution in [0.2, 0.25) is 0 Å². The predicted octanol–water partition coefficient (Wildman–Crippen LogP) is 4.13. The SMILES string of the molecule is CC(C)(C)N1c2ccccc2COC2CCCCC21. The average Bonchev–Trinajstić information content (AvgIpc) is 2.54. The lowest BCUT2D eigenvalue weighted by molar-refractivity contribution is 0.00444. The Bertz CT molecular complexity index is 449. The minimum Gasteiger partial charge on any atom is -0.371 e. The summed E-state index contributed by atoms with van der Waals surface area (Å²) in [4.78, 5) is 2.62. The topological polar surface area (TPSA) is 12.5 Å². The Morgan fingerprint density at radius 1 is 1.11 bits per heavy atom. The monoisotopic (exact) mass is 259 g/mol. The molecule has 2 heteroatoms. The molecule has 0 bridgehead atoms. The summed E-state index contributed by atoms with van der Waals surface area (Å²) in [6.07, 6.45) is 5.52. The number of nitrogens with zero attached hydrogens (tertiary/aromatic N) is 1. The minimum absolute atomic E-state index is 0.143. The largest absolute Gasteiger partial charge is 0.371 e. The van der Waals surface area contributed by atoms with Crippen LogP contribution in [0.5, 0.6) is 0 Å². The van der Waals surface area contributed by atoms with Crippen LogP contribution in [0, 0.1) is 0 Å². The molecule has 1 aromatic carbocycles. The average molecular weight is 259 g/mol. The highest BCUT2D eigenvalue weighted by molar-refractivity contribution is 5.57. The molecule has 1 heterocycles. The first-order valence-electron chi connectivity index (χ1n) is 7.56. The summed E-state index contributed by atoms with van der Waals surface area (Å²) in [6.45, 7) is 7.73. The Hall–Kier alpha value is -1.02. The van der Waals surface area contributed by atoms with Gasteiger partial charge in [0.1, 0.15) is 0 Å². The van der Waals surface area contributed by atoms with E-state index >= 15 is 0 Å². The summed E-state index contributed by atoms with van der Waals surface area (Å²) >= 11 is 0. The number of hydrogen-bond acceptors (Lipinski definition) is 2. The first-order chi connectivity index (χ1) is 9.07. The second-order valence-electron chi connectivity index (χ2n) is 6.87. The van der Waals surface area contributed by atoms with E-state index in [2.05, 4.69) is 49.9 Å². The van der Waals surface area contributed by atoms with Gasteiger partial charge in [0, 0.05) is 16.8 Å². The molecule has 0 aromatic heterocycles. The Labute approximate surface area is 116 Å². The molecule has 19 heavy (non-hydrogen) atoms. The highest BCUT2D eigenvalue weighted by Crippen LogP contribution is 2.39. The molecular weight excluding hydrogens is 234 g/mol. The second kappa shape index (κ2) is 4.82. The Morgan fingerprint density at radius 3 is 2.63 bits per heavy atom. The molecule has 0 N–H and O–H groups in total. The Morgan fingerprint density at radius 2 is 1.84 bits per heavy atom. The normalized spacial score (nSPS) is 27.4. The van der Waals surface area contributed by atoms with Crippen LogP contribution in [0.1, 0.15) is 52.0 Å². The van der Waals surface area contributed by atoms with E-state index in [0.717, 1.165) is 6.61 Å². The zero-order chi connectivity index (χ0) is 13.5. The number of anilines is 1. The second-order valence-corrected chi connectivity index (χ2v) is 6.87. The highest BCUT2D eigenvalue weighted by Gasteiger charge is 2.39. The molecule has 2 aliphatic rings. The van der Waals surface area contributed by atoms with Crippen LogP contribution in [-0.2, 0) is 11.3 Å². The van der Waals surface area contributed by atoms with E-state index in [0.29, 0.717) is 12.1 Å². The van der Waals surface area contributed by atoms with E-state index in [9.17, 15) is 0 Å². The fraction of sp³-hybridized carbons (Fsp3) is 0.647. The fourth-order valence-electron chi connectivity index (χ4n) is 3.67. The molecule has 1 aliphatic carbocycles. The van der Waals surface area contributed by atoms with Gasteiger partial charge in [-0.2, -0.15) is 0 Å². The molecule has 0 amide bonds. The van der Waals surface area contributed by atoms with Crippen molar-refractivity contribution in [2.45, 2.75) is 70.7 Å². The third kappa shape index (κ3) is 2.38. The van der Waals surface area contributed by atoms with E-state index in [1.807, 2.05) is 0 Å². The van der Waals surface area contributed by atoms with Crippen LogP contribution >= 0.6 is 0 Å². The zero-order valence-electron chi connectivity index (χ0n) is 12.4. The molecule has 0 spiro atoms. The molecule has 1 fully saturated rings. The molecule has 2 unspecified atom stereocenters. The predicted molar refractivity (Wildman–Crippen MR) is 79.5 cm³/mol. The number of benzene rings is 1. The third-order valence-electron chi connectivity index (χ3n) is 4.43. The summed E-state index contributed by atoms with van der Waals surface area (Å²) in [5.41, 5.74) is 2.86. The maximum absolute atomic E-state index is 6.22. The number of hydrogen-bond donors (Lipinski definition) is 0. The Kier molecular flexibility index (Phi) is 3.30. The van der Waals surface area contributed by atoms with Crippen molar-refractivity contribution in [3.05, 3.63) is 29.8 Å². The van der Waals surface area contributed by atoms with Gasteiger partial charge >= 0.3 is 0 Å². The maximum atomic E-state index is 6.22. The lowest BCUT2D eigenvalue weighted by Crippen LogP contribution is -2.54. The van der Waals surface area contributed by atoms with E-state index in [-0.39, 0.29) is 5.54 Å². The van der Waals surface area contributed by atoms with Crippen molar-refractivity contribution < 1.29 is 4.74 Å².